The Labute approximate surface area is 91.5 Å². The predicted molar refractivity (Wildman–Crippen MR) is 60.6 cm³/mol. The molecule has 0 radical (unpaired) electrons. The van der Waals surface area contributed by atoms with Crippen LogP contribution in [0.1, 0.15) is 0 Å². The van der Waals surface area contributed by atoms with E-state index in [0.717, 1.165) is 16.5 Å². The second kappa shape index (κ2) is 3.10. The van der Waals surface area contributed by atoms with Gasteiger partial charge in [-0.3, -0.25) is 0 Å². The van der Waals surface area contributed by atoms with E-state index < -0.39 is 0 Å². The van der Waals surface area contributed by atoms with Crippen LogP contribution in [0.15, 0.2) is 34.9 Å². The van der Waals surface area contributed by atoms with Crippen LogP contribution in [0.2, 0.25) is 0 Å². The molecule has 2 N–H and O–H groups in total. The third-order valence-corrected chi connectivity index (χ3v) is 2.57. The fourth-order valence-electron chi connectivity index (χ4n) is 1.86. The van der Waals surface area contributed by atoms with Crippen LogP contribution in [-0.4, -0.2) is 14.8 Å². The Kier molecular flexibility index (Phi) is 1.73. The smallest absolute Gasteiger partial charge is 0.313 e. The van der Waals surface area contributed by atoms with Gasteiger partial charge >= 0.3 is 6.01 Å². The first kappa shape index (κ1) is 8.96. The molecule has 0 spiro atoms. The van der Waals surface area contributed by atoms with Gasteiger partial charge in [0, 0.05) is 24.1 Å². The van der Waals surface area contributed by atoms with Crippen LogP contribution in [-0.2, 0) is 7.05 Å². The molecule has 0 fully saturated rings. The highest BCUT2D eigenvalue weighted by atomic mass is 16.4. The summed E-state index contributed by atoms with van der Waals surface area (Å²) in [5, 5.41) is 8.63. The molecule has 5 nitrogen and oxygen atoms in total. The number of fused-ring (bicyclic) bond motifs is 1. The van der Waals surface area contributed by atoms with Gasteiger partial charge in [0.15, 0.2) is 0 Å². The Morgan fingerprint density at radius 1 is 1.25 bits per heavy atom. The van der Waals surface area contributed by atoms with Crippen molar-refractivity contribution < 1.29 is 4.42 Å². The van der Waals surface area contributed by atoms with E-state index in [2.05, 4.69) is 10.2 Å². The average Bonchev–Trinajstić information content (AvgIpc) is 2.84. The molecule has 0 bridgehead atoms. The van der Waals surface area contributed by atoms with Crippen molar-refractivity contribution in [2.45, 2.75) is 0 Å². The highest BCUT2D eigenvalue weighted by molar-refractivity contribution is 5.93. The second-order valence-electron chi connectivity index (χ2n) is 3.62. The van der Waals surface area contributed by atoms with Gasteiger partial charge in [-0.25, -0.2) is 0 Å². The topological polar surface area (TPSA) is 69.9 Å². The van der Waals surface area contributed by atoms with E-state index in [4.69, 9.17) is 10.2 Å². The van der Waals surface area contributed by atoms with Crippen molar-refractivity contribution in [1.29, 1.82) is 0 Å². The average molecular weight is 214 g/mol. The molecule has 0 saturated heterocycles. The molecule has 3 rings (SSSR count). The Hall–Kier alpha value is -2.30. The zero-order valence-corrected chi connectivity index (χ0v) is 8.71. The van der Waals surface area contributed by atoms with Crippen molar-refractivity contribution in [3.8, 4) is 11.5 Å². The van der Waals surface area contributed by atoms with E-state index >= 15 is 0 Å². The van der Waals surface area contributed by atoms with Gasteiger partial charge < -0.3 is 14.7 Å². The number of anilines is 1. The number of aromatic nitrogens is 3. The zero-order chi connectivity index (χ0) is 11.1. The predicted octanol–water partition coefficient (Wildman–Crippen LogP) is 1.81. The summed E-state index contributed by atoms with van der Waals surface area (Å²) in [5.74, 6) is 0.453. The number of nitrogens with two attached hydrogens (primary N) is 1. The Balaban J connectivity index is 2.32. The van der Waals surface area contributed by atoms with Gasteiger partial charge in [-0.05, 0) is 6.07 Å². The third kappa shape index (κ3) is 1.18. The van der Waals surface area contributed by atoms with Crippen LogP contribution in [0, 0.1) is 0 Å². The lowest BCUT2D eigenvalue weighted by atomic mass is 10.2. The van der Waals surface area contributed by atoms with E-state index in [1.807, 2.05) is 42.1 Å². The summed E-state index contributed by atoms with van der Waals surface area (Å²) >= 11 is 0. The van der Waals surface area contributed by atoms with E-state index in [1.165, 1.54) is 0 Å². The molecule has 0 unspecified atom stereocenters. The molecule has 0 aliphatic carbocycles. The molecule has 2 aromatic heterocycles. The van der Waals surface area contributed by atoms with Gasteiger partial charge in [0.05, 0.1) is 5.56 Å². The fraction of sp³-hybridized carbons (Fsp3) is 0.0909. The number of nitrogens with zero attached hydrogens (tertiary/aromatic N) is 3. The minimum atomic E-state index is 0.0861. The molecule has 0 aliphatic rings. The number of benzene rings is 1. The minimum absolute atomic E-state index is 0.0861. The normalized spacial score (nSPS) is 11.1. The largest absolute Gasteiger partial charge is 0.403 e. The highest BCUT2D eigenvalue weighted by Crippen LogP contribution is 2.29. The van der Waals surface area contributed by atoms with Crippen molar-refractivity contribution in [2.24, 2.45) is 7.05 Å². The maximum absolute atomic E-state index is 5.42. The molecule has 2 heterocycles. The Morgan fingerprint density at radius 2 is 2.06 bits per heavy atom. The Bertz CT molecular complexity index is 653. The fourth-order valence-corrected chi connectivity index (χ4v) is 1.86. The summed E-state index contributed by atoms with van der Waals surface area (Å²) in [6.45, 7) is 0. The van der Waals surface area contributed by atoms with Crippen LogP contribution in [0.3, 0.4) is 0 Å². The number of nitrogen functional groups attached to an aromatic ring is 1. The zero-order valence-electron chi connectivity index (χ0n) is 8.71. The number of hydrogen-bond donors (Lipinski definition) is 1. The lowest BCUT2D eigenvalue weighted by Gasteiger charge is -1.93. The maximum atomic E-state index is 5.42. The van der Waals surface area contributed by atoms with Crippen molar-refractivity contribution in [3.05, 3.63) is 30.5 Å². The quantitative estimate of drug-likeness (QED) is 0.670. The highest BCUT2D eigenvalue weighted by Gasteiger charge is 2.13. The molecule has 80 valence electrons. The standard InChI is InChI=1S/C11H10N4O/c1-15-6-8(10-13-14-11(12)16-10)7-4-2-3-5-9(7)15/h2-6H,1H3,(H2,12,14). The summed E-state index contributed by atoms with van der Waals surface area (Å²) < 4.78 is 7.25. The van der Waals surface area contributed by atoms with Crippen LogP contribution in [0.25, 0.3) is 22.4 Å². The third-order valence-electron chi connectivity index (χ3n) is 2.57. The SMILES string of the molecule is Cn1cc(-c2nnc(N)o2)c2ccccc21. The summed E-state index contributed by atoms with van der Waals surface area (Å²) in [5.41, 5.74) is 7.44. The number of rotatable bonds is 1. The molecule has 16 heavy (non-hydrogen) atoms. The van der Waals surface area contributed by atoms with Gasteiger partial charge in [0.1, 0.15) is 0 Å². The number of hydrogen-bond acceptors (Lipinski definition) is 4. The van der Waals surface area contributed by atoms with E-state index in [9.17, 15) is 0 Å². The number of para-hydroxylation sites is 1. The van der Waals surface area contributed by atoms with Crippen molar-refractivity contribution >= 4 is 16.9 Å². The van der Waals surface area contributed by atoms with Crippen LogP contribution in [0.5, 0.6) is 0 Å². The van der Waals surface area contributed by atoms with Crippen molar-refractivity contribution in [2.75, 3.05) is 5.73 Å². The first-order valence-corrected chi connectivity index (χ1v) is 4.89. The van der Waals surface area contributed by atoms with Gasteiger partial charge in [-0.15, -0.1) is 5.10 Å². The van der Waals surface area contributed by atoms with Crippen molar-refractivity contribution in [3.63, 3.8) is 0 Å². The maximum Gasteiger partial charge on any atom is 0.313 e. The first-order valence-electron chi connectivity index (χ1n) is 4.89. The minimum Gasteiger partial charge on any atom is -0.403 e. The molecular formula is C11H10N4O. The van der Waals surface area contributed by atoms with E-state index in [0.29, 0.717) is 5.89 Å². The summed E-state index contributed by atoms with van der Waals surface area (Å²) in [4.78, 5) is 0. The monoisotopic (exact) mass is 214 g/mol. The molecule has 0 amide bonds. The van der Waals surface area contributed by atoms with Crippen LogP contribution < -0.4 is 5.73 Å². The lowest BCUT2D eigenvalue weighted by molar-refractivity contribution is 0.590. The second-order valence-corrected chi connectivity index (χ2v) is 3.62. The summed E-state index contributed by atoms with van der Waals surface area (Å²) in [6.07, 6.45) is 1.96. The lowest BCUT2D eigenvalue weighted by Crippen LogP contribution is -1.81. The molecule has 0 atom stereocenters. The summed E-state index contributed by atoms with van der Waals surface area (Å²) in [6, 6.07) is 8.12. The van der Waals surface area contributed by atoms with Gasteiger partial charge in [0.2, 0.25) is 0 Å². The molecule has 0 saturated carbocycles. The van der Waals surface area contributed by atoms with Gasteiger partial charge in [-0.2, -0.15) is 0 Å². The molecule has 3 aromatic rings. The molecule has 1 aromatic carbocycles. The molecule has 0 aliphatic heterocycles. The molecular weight excluding hydrogens is 204 g/mol. The van der Waals surface area contributed by atoms with E-state index in [-0.39, 0.29) is 6.01 Å². The van der Waals surface area contributed by atoms with Crippen LogP contribution in [0.4, 0.5) is 6.01 Å². The first-order chi connectivity index (χ1) is 7.75. The van der Waals surface area contributed by atoms with Gasteiger partial charge in [0.25, 0.3) is 5.89 Å². The Morgan fingerprint density at radius 3 is 2.81 bits per heavy atom. The van der Waals surface area contributed by atoms with Crippen molar-refractivity contribution in [1.82, 2.24) is 14.8 Å². The molecule has 5 heteroatoms. The van der Waals surface area contributed by atoms with Gasteiger partial charge in [-0.1, -0.05) is 23.3 Å². The van der Waals surface area contributed by atoms with E-state index in [1.54, 1.807) is 0 Å². The van der Waals surface area contributed by atoms with Crippen LogP contribution >= 0.6 is 0 Å². The summed E-state index contributed by atoms with van der Waals surface area (Å²) in [7, 11) is 1.98. The number of aryl methyl sites for hydroxylation is 1.